The number of ether oxygens (including phenoxy) is 1. The van der Waals surface area contributed by atoms with Crippen molar-refractivity contribution >= 4 is 0 Å². The molecule has 0 saturated heterocycles. The number of hydrogen-bond donors (Lipinski definition) is 2. The largest absolute Gasteiger partial charge is 0.494 e. The van der Waals surface area contributed by atoms with Crippen molar-refractivity contribution in [2.45, 2.75) is 51.3 Å². The zero-order chi connectivity index (χ0) is 13.0. The summed E-state index contributed by atoms with van der Waals surface area (Å²) in [6, 6.07) is 8.51. The van der Waals surface area contributed by atoms with Crippen molar-refractivity contribution in [1.29, 1.82) is 0 Å². The summed E-state index contributed by atoms with van der Waals surface area (Å²) < 4.78 is 5.40. The van der Waals surface area contributed by atoms with E-state index in [9.17, 15) is 5.11 Å². The van der Waals surface area contributed by atoms with Crippen molar-refractivity contribution in [2.75, 3.05) is 6.61 Å². The first-order valence-corrected chi connectivity index (χ1v) is 6.91. The highest BCUT2D eigenvalue weighted by Gasteiger charge is 2.27. The van der Waals surface area contributed by atoms with Gasteiger partial charge in [0.25, 0.3) is 0 Å². The van der Waals surface area contributed by atoms with Crippen LogP contribution in [0.1, 0.15) is 44.8 Å². The van der Waals surface area contributed by atoms with Crippen molar-refractivity contribution < 1.29 is 9.84 Å². The van der Waals surface area contributed by atoms with Crippen LogP contribution in [0, 0.1) is 0 Å². The molecule has 1 fully saturated rings. The molecule has 0 amide bonds. The van der Waals surface area contributed by atoms with E-state index in [1.54, 1.807) is 0 Å². The van der Waals surface area contributed by atoms with Gasteiger partial charge in [-0.3, -0.25) is 0 Å². The van der Waals surface area contributed by atoms with E-state index in [-0.39, 0.29) is 6.04 Å². The van der Waals surface area contributed by atoms with Gasteiger partial charge in [-0.05, 0) is 43.9 Å². The second-order valence-corrected chi connectivity index (χ2v) is 4.90. The molecule has 3 heteroatoms. The van der Waals surface area contributed by atoms with Gasteiger partial charge >= 0.3 is 0 Å². The number of benzene rings is 1. The molecule has 1 saturated carbocycles. The fourth-order valence-electron chi connectivity index (χ4n) is 2.15. The summed E-state index contributed by atoms with van der Waals surface area (Å²) in [6.45, 7) is 4.75. The van der Waals surface area contributed by atoms with Crippen LogP contribution >= 0.6 is 0 Å². The van der Waals surface area contributed by atoms with Crippen LogP contribution in [-0.4, -0.2) is 23.8 Å². The van der Waals surface area contributed by atoms with Crippen molar-refractivity contribution in [3.63, 3.8) is 0 Å². The van der Waals surface area contributed by atoms with Gasteiger partial charge in [-0.1, -0.05) is 19.1 Å². The Morgan fingerprint density at radius 3 is 2.44 bits per heavy atom. The van der Waals surface area contributed by atoms with Gasteiger partial charge in [-0.25, -0.2) is 0 Å². The Morgan fingerprint density at radius 1 is 1.28 bits per heavy atom. The first kappa shape index (κ1) is 13.4. The molecule has 0 radical (unpaired) electrons. The minimum Gasteiger partial charge on any atom is -0.494 e. The molecule has 0 bridgehead atoms. The lowest BCUT2D eigenvalue weighted by molar-refractivity contribution is 0.125. The second-order valence-electron chi connectivity index (χ2n) is 4.90. The maximum absolute atomic E-state index is 10.4. The number of aliphatic hydroxyl groups excluding tert-OH is 1. The van der Waals surface area contributed by atoms with Gasteiger partial charge in [-0.15, -0.1) is 0 Å². The Labute approximate surface area is 109 Å². The molecule has 0 spiro atoms. The average molecular weight is 249 g/mol. The maximum atomic E-state index is 10.4. The van der Waals surface area contributed by atoms with E-state index in [1.807, 2.05) is 31.2 Å². The Hall–Kier alpha value is -1.06. The van der Waals surface area contributed by atoms with E-state index >= 15 is 0 Å². The molecule has 2 atom stereocenters. The monoisotopic (exact) mass is 249 g/mol. The molecule has 2 N–H and O–H groups in total. The third-order valence-corrected chi connectivity index (χ3v) is 3.38. The lowest BCUT2D eigenvalue weighted by Gasteiger charge is -2.23. The highest BCUT2D eigenvalue weighted by molar-refractivity contribution is 5.29. The lowest BCUT2D eigenvalue weighted by Crippen LogP contribution is -2.35. The second kappa shape index (κ2) is 6.21. The molecule has 0 aliphatic heterocycles. The summed E-state index contributed by atoms with van der Waals surface area (Å²) in [4.78, 5) is 0. The minimum atomic E-state index is -0.439. The van der Waals surface area contributed by atoms with Gasteiger partial charge in [0.15, 0.2) is 0 Å². The van der Waals surface area contributed by atoms with Gasteiger partial charge in [-0.2, -0.15) is 0 Å². The van der Waals surface area contributed by atoms with Crippen molar-refractivity contribution in [2.24, 2.45) is 0 Å². The highest BCUT2D eigenvalue weighted by atomic mass is 16.5. The zero-order valence-corrected chi connectivity index (χ0v) is 11.2. The van der Waals surface area contributed by atoms with E-state index in [4.69, 9.17) is 4.74 Å². The van der Waals surface area contributed by atoms with Crippen molar-refractivity contribution in [3.05, 3.63) is 29.8 Å². The summed E-state index contributed by atoms with van der Waals surface area (Å²) in [5.41, 5.74) is 0.957. The topological polar surface area (TPSA) is 41.5 Å². The molecule has 1 aromatic rings. The van der Waals surface area contributed by atoms with E-state index in [0.717, 1.165) is 17.7 Å². The SMILES string of the molecule is CCOc1ccc(C(O)C(CC)NC2CC2)cc1. The minimum absolute atomic E-state index is 0.149. The molecule has 2 unspecified atom stereocenters. The Kier molecular flexibility index (Phi) is 4.61. The molecular formula is C15H23NO2. The van der Waals surface area contributed by atoms with Crippen LogP contribution in [0.4, 0.5) is 0 Å². The highest BCUT2D eigenvalue weighted by Crippen LogP contribution is 2.26. The van der Waals surface area contributed by atoms with Crippen LogP contribution in [0.3, 0.4) is 0 Å². The summed E-state index contributed by atoms with van der Waals surface area (Å²) in [5.74, 6) is 0.858. The molecule has 0 aromatic heterocycles. The number of nitrogens with one attached hydrogen (secondary N) is 1. The van der Waals surface area contributed by atoms with Crippen LogP contribution in [0.5, 0.6) is 5.75 Å². The van der Waals surface area contributed by atoms with Crippen molar-refractivity contribution in [3.8, 4) is 5.75 Å². The zero-order valence-electron chi connectivity index (χ0n) is 11.2. The average Bonchev–Trinajstić information content (AvgIpc) is 3.20. The quantitative estimate of drug-likeness (QED) is 0.780. The standard InChI is InChI=1S/C15H23NO2/c1-3-14(16-12-7-8-12)15(17)11-5-9-13(10-6-11)18-4-2/h5-6,9-10,12,14-17H,3-4,7-8H2,1-2H3. The summed E-state index contributed by atoms with van der Waals surface area (Å²) in [6.07, 6.45) is 2.98. The normalized spacial score (nSPS) is 18.4. The first-order valence-electron chi connectivity index (χ1n) is 6.91. The maximum Gasteiger partial charge on any atom is 0.119 e. The predicted octanol–water partition coefficient (Wildman–Crippen LogP) is 2.65. The number of rotatable bonds is 7. The first-order chi connectivity index (χ1) is 8.74. The van der Waals surface area contributed by atoms with E-state index < -0.39 is 6.10 Å². The summed E-state index contributed by atoms with van der Waals surface area (Å²) in [7, 11) is 0. The molecule has 1 aliphatic carbocycles. The van der Waals surface area contributed by atoms with E-state index in [2.05, 4.69) is 12.2 Å². The molecular weight excluding hydrogens is 226 g/mol. The van der Waals surface area contributed by atoms with Crippen LogP contribution in [-0.2, 0) is 0 Å². The fourth-order valence-corrected chi connectivity index (χ4v) is 2.15. The fraction of sp³-hybridized carbons (Fsp3) is 0.600. The van der Waals surface area contributed by atoms with Crippen LogP contribution < -0.4 is 10.1 Å². The van der Waals surface area contributed by atoms with Gasteiger partial charge in [0.05, 0.1) is 12.7 Å². The molecule has 1 aliphatic rings. The Balaban J connectivity index is 1.98. The number of hydrogen-bond acceptors (Lipinski definition) is 3. The summed E-state index contributed by atoms with van der Waals surface area (Å²) >= 11 is 0. The van der Waals surface area contributed by atoms with E-state index in [0.29, 0.717) is 12.6 Å². The molecule has 0 heterocycles. The van der Waals surface area contributed by atoms with Crippen LogP contribution in [0.2, 0.25) is 0 Å². The van der Waals surface area contributed by atoms with Gasteiger partial charge in [0, 0.05) is 12.1 Å². The molecule has 3 nitrogen and oxygen atoms in total. The van der Waals surface area contributed by atoms with Gasteiger partial charge < -0.3 is 15.2 Å². The molecule has 2 rings (SSSR count). The molecule has 100 valence electrons. The Bertz CT molecular complexity index is 359. The third kappa shape index (κ3) is 3.47. The van der Waals surface area contributed by atoms with Crippen LogP contribution in [0.25, 0.3) is 0 Å². The Morgan fingerprint density at radius 2 is 1.94 bits per heavy atom. The predicted molar refractivity (Wildman–Crippen MR) is 72.8 cm³/mol. The third-order valence-electron chi connectivity index (χ3n) is 3.38. The lowest BCUT2D eigenvalue weighted by atomic mass is 10.00. The molecule has 1 aromatic carbocycles. The van der Waals surface area contributed by atoms with Crippen LogP contribution in [0.15, 0.2) is 24.3 Å². The summed E-state index contributed by atoms with van der Waals surface area (Å²) in [5, 5.41) is 13.9. The van der Waals surface area contributed by atoms with Crippen molar-refractivity contribution in [1.82, 2.24) is 5.32 Å². The number of aliphatic hydroxyl groups is 1. The van der Waals surface area contributed by atoms with E-state index in [1.165, 1.54) is 12.8 Å². The van der Waals surface area contributed by atoms with Gasteiger partial charge in [0.1, 0.15) is 5.75 Å². The van der Waals surface area contributed by atoms with Gasteiger partial charge in [0.2, 0.25) is 0 Å². The smallest absolute Gasteiger partial charge is 0.119 e. The molecule has 18 heavy (non-hydrogen) atoms.